The van der Waals surface area contributed by atoms with Gasteiger partial charge < -0.3 is 24.6 Å². The van der Waals surface area contributed by atoms with Crippen LogP contribution in [-0.4, -0.2) is 86.8 Å². The van der Waals surface area contributed by atoms with E-state index in [1.54, 1.807) is 6.07 Å². The van der Waals surface area contributed by atoms with Crippen LogP contribution in [0.15, 0.2) is 30.5 Å². The van der Waals surface area contributed by atoms with Gasteiger partial charge in [-0.05, 0) is 56.3 Å². The largest absolute Gasteiger partial charge is 0.508 e. The van der Waals surface area contributed by atoms with Gasteiger partial charge in [-0.2, -0.15) is 0 Å². The maximum Gasteiger partial charge on any atom is 0.225 e. The minimum Gasteiger partial charge on any atom is -0.508 e. The van der Waals surface area contributed by atoms with Crippen molar-refractivity contribution >= 4 is 27.5 Å². The van der Waals surface area contributed by atoms with Crippen LogP contribution in [0.5, 0.6) is 17.5 Å². The number of aliphatic hydroxyl groups excluding tert-OH is 1. The molecular formula is C35H39F2N5O4. The highest BCUT2D eigenvalue weighted by molar-refractivity contribution is 6.02. The Bertz CT molecular complexity index is 1820. The van der Waals surface area contributed by atoms with Crippen LogP contribution in [-0.2, 0) is 6.42 Å². The van der Waals surface area contributed by atoms with Gasteiger partial charge in [0.05, 0.1) is 58.2 Å². The Balaban J connectivity index is 1.32. The number of phenols is 1. The lowest BCUT2D eigenvalue weighted by atomic mass is 9.95. The topological polar surface area (TPSA) is 104 Å². The molecule has 0 aliphatic carbocycles. The highest BCUT2D eigenvalue weighted by Gasteiger charge is 2.49. The third-order valence-electron chi connectivity index (χ3n) is 10.6. The van der Waals surface area contributed by atoms with Crippen molar-refractivity contribution in [3.05, 3.63) is 41.8 Å². The van der Waals surface area contributed by atoms with Crippen molar-refractivity contribution in [2.45, 2.75) is 82.1 Å². The van der Waals surface area contributed by atoms with Crippen LogP contribution in [0.3, 0.4) is 0 Å². The number of aromatic nitrogens is 3. The second-order valence-electron chi connectivity index (χ2n) is 13.4. The van der Waals surface area contributed by atoms with E-state index in [1.807, 2.05) is 19.1 Å². The quantitative estimate of drug-likeness (QED) is 0.277. The van der Waals surface area contributed by atoms with Crippen molar-refractivity contribution in [2.75, 3.05) is 37.8 Å². The molecule has 0 radical (unpaired) electrons. The summed E-state index contributed by atoms with van der Waals surface area (Å²) in [5.74, 6) is 0.379. The van der Waals surface area contributed by atoms with Crippen molar-refractivity contribution < 1.29 is 28.5 Å². The first-order chi connectivity index (χ1) is 22.4. The number of rotatable bonds is 6. The molecule has 0 spiro atoms. The number of benzene rings is 1. The third-order valence-corrected chi connectivity index (χ3v) is 10.6. The molecule has 3 saturated heterocycles. The second kappa shape index (κ2) is 11.5. The van der Waals surface area contributed by atoms with Crippen molar-refractivity contribution in [1.29, 1.82) is 0 Å². The van der Waals surface area contributed by atoms with Gasteiger partial charge in [0.2, 0.25) is 11.8 Å². The van der Waals surface area contributed by atoms with Gasteiger partial charge in [-0.15, -0.1) is 0 Å². The van der Waals surface area contributed by atoms with E-state index in [0.29, 0.717) is 83.0 Å². The van der Waals surface area contributed by atoms with Crippen LogP contribution in [0.25, 0.3) is 33.1 Å². The summed E-state index contributed by atoms with van der Waals surface area (Å²) in [6, 6.07) is 6.77. The molecule has 4 aliphatic rings. The highest BCUT2D eigenvalue weighted by Crippen LogP contribution is 2.45. The van der Waals surface area contributed by atoms with E-state index in [4.69, 9.17) is 19.4 Å². The Hall–Kier alpha value is -3.83. The first-order valence-corrected chi connectivity index (χ1v) is 16.6. The first-order valence-electron chi connectivity index (χ1n) is 16.6. The lowest BCUT2D eigenvalue weighted by molar-refractivity contribution is 0.111. The molecule has 46 heavy (non-hydrogen) atoms. The fourth-order valence-corrected chi connectivity index (χ4v) is 8.50. The number of aliphatic hydroxyl groups is 1. The Morgan fingerprint density at radius 2 is 1.96 bits per heavy atom. The molecule has 1 aromatic carbocycles. The third kappa shape index (κ3) is 4.81. The molecule has 3 fully saturated rings. The summed E-state index contributed by atoms with van der Waals surface area (Å²) in [5.41, 5.74) is 3.03. The summed E-state index contributed by atoms with van der Waals surface area (Å²) in [5, 5.41) is 22.5. The number of alkyl halides is 1. The van der Waals surface area contributed by atoms with Gasteiger partial charge in [0.25, 0.3) is 0 Å². The number of aryl methyl sites for hydroxylation is 1. The molecule has 11 heteroatoms. The molecular weight excluding hydrogens is 592 g/mol. The Kier molecular flexibility index (Phi) is 7.36. The van der Waals surface area contributed by atoms with Gasteiger partial charge in [-0.25, -0.2) is 18.7 Å². The Morgan fingerprint density at radius 3 is 2.80 bits per heavy atom. The van der Waals surface area contributed by atoms with Crippen LogP contribution < -0.4 is 14.4 Å². The van der Waals surface area contributed by atoms with E-state index in [-0.39, 0.29) is 30.0 Å². The van der Waals surface area contributed by atoms with E-state index in [1.165, 1.54) is 12.3 Å². The van der Waals surface area contributed by atoms with Crippen molar-refractivity contribution in [3.8, 4) is 28.8 Å². The number of ether oxygens (including phenoxy) is 2. The Morgan fingerprint density at radius 1 is 1.09 bits per heavy atom. The minimum atomic E-state index is -0.862. The number of hydrogen-bond acceptors (Lipinski definition) is 9. The molecule has 7 heterocycles. The van der Waals surface area contributed by atoms with Gasteiger partial charge >= 0.3 is 0 Å². The van der Waals surface area contributed by atoms with Gasteiger partial charge in [0.15, 0.2) is 0 Å². The molecule has 4 aliphatic heterocycles. The average Bonchev–Trinajstić information content (AvgIpc) is 3.42. The summed E-state index contributed by atoms with van der Waals surface area (Å²) >= 11 is 0. The molecule has 0 amide bonds. The average molecular weight is 632 g/mol. The normalized spacial score (nSPS) is 26.1. The van der Waals surface area contributed by atoms with E-state index in [0.717, 1.165) is 50.8 Å². The maximum absolute atomic E-state index is 15.0. The first kappa shape index (κ1) is 29.6. The van der Waals surface area contributed by atoms with Crippen molar-refractivity contribution in [1.82, 2.24) is 19.9 Å². The second-order valence-corrected chi connectivity index (χ2v) is 13.4. The lowest BCUT2D eigenvalue weighted by Gasteiger charge is -2.36. The van der Waals surface area contributed by atoms with E-state index >= 15 is 4.39 Å². The van der Waals surface area contributed by atoms with Crippen LogP contribution in [0.4, 0.5) is 14.5 Å². The summed E-state index contributed by atoms with van der Waals surface area (Å²) < 4.78 is 42.5. The van der Waals surface area contributed by atoms with Gasteiger partial charge in [0, 0.05) is 36.0 Å². The van der Waals surface area contributed by atoms with Gasteiger partial charge in [-0.3, -0.25) is 9.88 Å². The highest BCUT2D eigenvalue weighted by atomic mass is 19.1. The molecule has 0 unspecified atom stereocenters. The number of aromatic hydroxyl groups is 1. The smallest absolute Gasteiger partial charge is 0.225 e. The predicted molar refractivity (Wildman–Crippen MR) is 171 cm³/mol. The fraction of sp³-hybridized carbons (Fsp3) is 0.514. The SMILES string of the molecule is CCc1c(F)cnc2cc(O)cc(-c3cc4nc(OC[C@@]56CCCN5C[C@H](F)C6)cc5c4c(n3)OC[C@@H]3CCCC[C@H](CO)N53)c12. The number of nitrogens with zero attached hydrogens (tertiary/aromatic N) is 5. The zero-order chi connectivity index (χ0) is 31.6. The van der Waals surface area contributed by atoms with Crippen LogP contribution in [0, 0.1) is 5.82 Å². The monoisotopic (exact) mass is 631 g/mol. The molecule has 2 N–H and O–H groups in total. The standard InChI is InChI=1S/C35H39F2N5O4/c1-2-24-26(37)15-38-28-11-23(44)10-25(32(24)28)27-12-29-33-30(42-21(17-43)6-3-4-7-22(42)18-45-34(33)40-27)13-31(39-29)46-19-35-8-5-9-41(35)16-20(36)14-35/h10-13,15,20-22,43-44H,2-9,14,16-19H2,1H3/t20-,21-,22+,35+/m1/s1. The number of phenolic OH excluding ortho intramolecular Hbond substituents is 1. The van der Waals surface area contributed by atoms with E-state index < -0.39 is 12.0 Å². The van der Waals surface area contributed by atoms with E-state index in [2.05, 4.69) is 14.8 Å². The number of fused-ring (bicyclic) bond motifs is 4. The maximum atomic E-state index is 15.0. The zero-order valence-corrected chi connectivity index (χ0v) is 26.0. The molecule has 0 saturated carbocycles. The van der Waals surface area contributed by atoms with Gasteiger partial charge in [-0.1, -0.05) is 19.8 Å². The summed E-state index contributed by atoms with van der Waals surface area (Å²) in [6.45, 7) is 3.91. The lowest BCUT2D eigenvalue weighted by Crippen LogP contribution is -2.46. The molecule has 4 aromatic rings. The van der Waals surface area contributed by atoms with Crippen LogP contribution in [0.1, 0.15) is 57.4 Å². The van der Waals surface area contributed by atoms with Crippen LogP contribution in [0.2, 0.25) is 0 Å². The van der Waals surface area contributed by atoms with Gasteiger partial charge in [0.1, 0.15) is 31.0 Å². The molecule has 9 nitrogen and oxygen atoms in total. The van der Waals surface area contributed by atoms with Crippen molar-refractivity contribution in [3.63, 3.8) is 0 Å². The molecule has 242 valence electrons. The Labute approximate surface area is 266 Å². The molecule has 4 atom stereocenters. The van der Waals surface area contributed by atoms with Crippen molar-refractivity contribution in [2.24, 2.45) is 0 Å². The molecule has 3 aromatic heterocycles. The van der Waals surface area contributed by atoms with E-state index in [9.17, 15) is 14.6 Å². The summed E-state index contributed by atoms with van der Waals surface area (Å²) in [4.78, 5) is 18.7. The number of halogens is 2. The summed E-state index contributed by atoms with van der Waals surface area (Å²) in [7, 11) is 0. The number of hydrogen-bond donors (Lipinski definition) is 2. The predicted octanol–water partition coefficient (Wildman–Crippen LogP) is 5.71. The molecule has 0 bridgehead atoms. The number of anilines is 1. The summed E-state index contributed by atoms with van der Waals surface area (Å²) in [6.07, 6.45) is 6.88. The number of pyridine rings is 3. The fourth-order valence-electron chi connectivity index (χ4n) is 8.50. The minimum absolute atomic E-state index is 0.000944. The molecule has 8 rings (SSSR count). The zero-order valence-electron chi connectivity index (χ0n) is 26.0. The van der Waals surface area contributed by atoms with Crippen LogP contribution >= 0.6 is 0 Å².